The van der Waals surface area contributed by atoms with Gasteiger partial charge in [-0.1, -0.05) is 38.3 Å². The van der Waals surface area contributed by atoms with Crippen molar-refractivity contribution in [2.24, 2.45) is 11.8 Å². The first kappa shape index (κ1) is 21.4. The van der Waals surface area contributed by atoms with Crippen molar-refractivity contribution in [2.45, 2.75) is 89.3 Å². The molecule has 0 bridgehead atoms. The normalized spacial score (nSPS) is 33.6. The van der Waals surface area contributed by atoms with Crippen LogP contribution in [0, 0.1) is 11.8 Å². The van der Waals surface area contributed by atoms with Gasteiger partial charge in [0.15, 0.2) is 6.29 Å². The molecule has 6 heteroatoms. The zero-order chi connectivity index (χ0) is 18.9. The summed E-state index contributed by atoms with van der Waals surface area (Å²) in [5, 5.41) is 29.7. The fraction of sp³-hybridized carbons (Fsp3) is 0.850. The van der Waals surface area contributed by atoms with E-state index in [0.717, 1.165) is 38.5 Å². The van der Waals surface area contributed by atoms with Gasteiger partial charge in [-0.15, -0.1) is 0 Å². The molecule has 1 heterocycles. The Balaban J connectivity index is 2.00. The summed E-state index contributed by atoms with van der Waals surface area (Å²) in [4.78, 5) is 11.2. The van der Waals surface area contributed by atoms with Crippen molar-refractivity contribution in [3.63, 3.8) is 0 Å². The van der Waals surface area contributed by atoms with Crippen LogP contribution < -0.4 is 0 Å². The van der Waals surface area contributed by atoms with Crippen LogP contribution in [0.25, 0.3) is 0 Å². The minimum atomic E-state index is -0.925. The minimum Gasteiger partial charge on any atom is -0.481 e. The number of aliphatic hydroxyl groups is 2. The fourth-order valence-electron chi connectivity index (χ4n) is 3.96. The number of hydrogen-bond acceptors (Lipinski definition) is 5. The van der Waals surface area contributed by atoms with Crippen molar-refractivity contribution < 1.29 is 29.6 Å². The van der Waals surface area contributed by atoms with Gasteiger partial charge in [0.2, 0.25) is 0 Å². The molecule has 0 radical (unpaired) electrons. The fourth-order valence-corrected chi connectivity index (χ4v) is 3.96. The second kappa shape index (κ2) is 11.0. The van der Waals surface area contributed by atoms with Gasteiger partial charge in [0.05, 0.1) is 24.7 Å². The second-order valence-corrected chi connectivity index (χ2v) is 7.56. The second-order valence-electron chi connectivity index (χ2n) is 7.56. The predicted octanol–water partition coefficient (Wildman–Crippen LogP) is 2.87. The molecule has 1 saturated heterocycles. The number of aliphatic hydroxyl groups excluding tert-OH is 2. The Morgan fingerprint density at radius 1 is 1.35 bits per heavy atom. The molecule has 0 aromatic heterocycles. The molecule has 2 aliphatic rings. The highest BCUT2D eigenvalue weighted by atomic mass is 16.7. The lowest BCUT2D eigenvalue weighted by atomic mass is 9.89. The van der Waals surface area contributed by atoms with E-state index in [2.05, 4.69) is 6.92 Å². The summed E-state index contributed by atoms with van der Waals surface area (Å²) in [6.45, 7) is 2.79. The zero-order valence-electron chi connectivity index (χ0n) is 15.8. The number of ether oxygens (including phenoxy) is 2. The number of rotatable bonds is 10. The summed E-state index contributed by atoms with van der Waals surface area (Å²) in [5.74, 6) is -1.56. The van der Waals surface area contributed by atoms with Crippen molar-refractivity contribution in [2.75, 3.05) is 6.61 Å². The van der Waals surface area contributed by atoms with Crippen LogP contribution in [0.15, 0.2) is 12.2 Å². The van der Waals surface area contributed by atoms with E-state index in [1.807, 2.05) is 6.08 Å². The number of hydrogen-bond donors (Lipinski definition) is 3. The van der Waals surface area contributed by atoms with E-state index < -0.39 is 24.1 Å². The lowest BCUT2D eigenvalue weighted by Gasteiger charge is -2.29. The Bertz CT molecular complexity index is 446. The van der Waals surface area contributed by atoms with Crippen LogP contribution >= 0.6 is 0 Å². The highest BCUT2D eigenvalue weighted by Crippen LogP contribution is 2.39. The standard InChI is InChI=1S/C20H34O6/c1-2-3-4-7-14(21)9-10-15-16(12-19(23)24)17(22)13-18(15)26-20-8-5-6-11-25-20/h9-10,14-18,20-22H,2-8,11-13H2,1H3,(H,23,24). The number of carboxylic acids is 1. The van der Waals surface area contributed by atoms with Crippen molar-refractivity contribution >= 4 is 5.97 Å². The van der Waals surface area contributed by atoms with Crippen molar-refractivity contribution in [1.29, 1.82) is 0 Å². The molecule has 1 saturated carbocycles. The Morgan fingerprint density at radius 3 is 2.81 bits per heavy atom. The van der Waals surface area contributed by atoms with Crippen LogP contribution in [-0.4, -0.2) is 52.5 Å². The van der Waals surface area contributed by atoms with Gasteiger partial charge in [0, 0.05) is 24.9 Å². The molecule has 6 atom stereocenters. The summed E-state index contributed by atoms with van der Waals surface area (Å²) in [6.07, 6.45) is 8.82. The number of aliphatic carboxylic acids is 1. The molecule has 2 fully saturated rings. The third kappa shape index (κ3) is 6.65. The van der Waals surface area contributed by atoms with E-state index in [1.165, 1.54) is 0 Å². The van der Waals surface area contributed by atoms with Gasteiger partial charge in [0.25, 0.3) is 0 Å². The molecule has 0 aromatic rings. The Hall–Kier alpha value is -0.950. The molecule has 6 nitrogen and oxygen atoms in total. The molecule has 0 aromatic carbocycles. The number of carboxylic acid groups (broad SMARTS) is 1. The molecule has 26 heavy (non-hydrogen) atoms. The topological polar surface area (TPSA) is 96.2 Å². The minimum absolute atomic E-state index is 0.104. The lowest BCUT2D eigenvalue weighted by molar-refractivity contribution is -0.193. The van der Waals surface area contributed by atoms with Crippen LogP contribution in [-0.2, 0) is 14.3 Å². The largest absolute Gasteiger partial charge is 0.481 e. The monoisotopic (exact) mass is 370 g/mol. The van der Waals surface area contributed by atoms with Gasteiger partial charge < -0.3 is 24.8 Å². The van der Waals surface area contributed by atoms with Crippen molar-refractivity contribution in [3.8, 4) is 0 Å². The molecule has 0 spiro atoms. The Labute approximate surface area is 156 Å². The van der Waals surface area contributed by atoms with Crippen molar-refractivity contribution in [3.05, 3.63) is 12.2 Å². The predicted molar refractivity (Wildman–Crippen MR) is 97.6 cm³/mol. The third-order valence-electron chi connectivity index (χ3n) is 5.43. The summed E-state index contributed by atoms with van der Waals surface area (Å²) in [7, 11) is 0. The summed E-state index contributed by atoms with van der Waals surface area (Å²) in [5.41, 5.74) is 0. The van der Waals surface area contributed by atoms with Crippen LogP contribution in [0.4, 0.5) is 0 Å². The number of unbranched alkanes of at least 4 members (excludes halogenated alkanes) is 2. The van der Waals surface area contributed by atoms with Gasteiger partial charge in [-0.25, -0.2) is 0 Å². The third-order valence-corrected chi connectivity index (χ3v) is 5.43. The van der Waals surface area contributed by atoms with Crippen LogP contribution in [0.3, 0.4) is 0 Å². The Kier molecular flexibility index (Phi) is 9.05. The van der Waals surface area contributed by atoms with E-state index in [9.17, 15) is 20.1 Å². The van der Waals surface area contributed by atoms with Crippen molar-refractivity contribution in [1.82, 2.24) is 0 Å². The first-order chi connectivity index (χ1) is 12.5. The maximum Gasteiger partial charge on any atom is 0.303 e. The van der Waals surface area contributed by atoms with Gasteiger partial charge in [-0.05, 0) is 25.7 Å². The van der Waals surface area contributed by atoms with E-state index in [0.29, 0.717) is 19.4 Å². The van der Waals surface area contributed by atoms with Gasteiger partial charge >= 0.3 is 5.97 Å². The summed E-state index contributed by atoms with van der Waals surface area (Å²) < 4.78 is 11.7. The first-order valence-electron chi connectivity index (χ1n) is 10.0. The number of carbonyl (C=O) groups is 1. The van der Waals surface area contributed by atoms with Crippen LogP contribution in [0.2, 0.25) is 0 Å². The zero-order valence-corrected chi connectivity index (χ0v) is 15.8. The highest BCUT2D eigenvalue weighted by molar-refractivity contribution is 5.67. The average molecular weight is 370 g/mol. The van der Waals surface area contributed by atoms with Crippen LogP contribution in [0.1, 0.15) is 64.7 Å². The first-order valence-corrected chi connectivity index (χ1v) is 10.0. The van der Waals surface area contributed by atoms with Crippen LogP contribution in [0.5, 0.6) is 0 Å². The lowest BCUT2D eigenvalue weighted by Crippen LogP contribution is -2.31. The van der Waals surface area contributed by atoms with E-state index in [4.69, 9.17) is 9.47 Å². The average Bonchev–Trinajstić information content (AvgIpc) is 2.88. The smallest absolute Gasteiger partial charge is 0.303 e. The van der Waals surface area contributed by atoms with Gasteiger partial charge in [-0.2, -0.15) is 0 Å². The SMILES string of the molecule is CCCCCC(O)C=CC1C(OC2CCCCO2)CC(O)C1CC(=O)O. The molecule has 0 amide bonds. The molecule has 6 unspecified atom stereocenters. The van der Waals surface area contributed by atoms with Gasteiger partial charge in [-0.3, -0.25) is 4.79 Å². The maximum atomic E-state index is 11.2. The molecule has 1 aliphatic heterocycles. The molecule has 150 valence electrons. The maximum absolute atomic E-state index is 11.2. The molecular formula is C20H34O6. The summed E-state index contributed by atoms with van der Waals surface area (Å²) >= 11 is 0. The highest BCUT2D eigenvalue weighted by Gasteiger charge is 2.44. The Morgan fingerprint density at radius 2 is 2.15 bits per heavy atom. The molecule has 3 N–H and O–H groups in total. The summed E-state index contributed by atoms with van der Waals surface area (Å²) in [6, 6.07) is 0. The van der Waals surface area contributed by atoms with Gasteiger partial charge in [0.1, 0.15) is 0 Å². The van der Waals surface area contributed by atoms with E-state index in [1.54, 1.807) is 6.08 Å². The van der Waals surface area contributed by atoms with E-state index >= 15 is 0 Å². The molecular weight excluding hydrogens is 336 g/mol. The molecule has 1 aliphatic carbocycles. The van der Waals surface area contributed by atoms with E-state index in [-0.39, 0.29) is 24.7 Å². The molecule has 2 rings (SSSR count). The quantitative estimate of drug-likeness (QED) is 0.404.